The summed E-state index contributed by atoms with van der Waals surface area (Å²) in [6.07, 6.45) is 0. The summed E-state index contributed by atoms with van der Waals surface area (Å²) < 4.78 is 5.18. The highest BCUT2D eigenvalue weighted by atomic mass is 35.5. The largest absolute Gasteiger partial charge is 0.345 e. The number of hydrogen-bond donors (Lipinski definition) is 1. The number of nitrogens with one attached hydrogen (secondary N) is 1. The third-order valence-electron chi connectivity index (χ3n) is 3.58. The van der Waals surface area contributed by atoms with Crippen LogP contribution in [-0.2, 0) is 6.54 Å². The number of halogens is 1. The van der Waals surface area contributed by atoms with E-state index in [1.165, 1.54) is 12.1 Å². The first-order chi connectivity index (χ1) is 12.4. The van der Waals surface area contributed by atoms with Crippen molar-refractivity contribution in [3.8, 4) is 11.5 Å². The maximum atomic E-state index is 12.2. The third kappa shape index (κ3) is 3.86. The Hall–Kier alpha value is -3.26. The van der Waals surface area contributed by atoms with Gasteiger partial charge in [0.05, 0.1) is 11.5 Å². The fraction of sp³-hybridized carbons (Fsp3) is 0.118. The fourth-order valence-electron chi connectivity index (χ4n) is 2.19. The second-order valence-electron chi connectivity index (χ2n) is 5.49. The lowest BCUT2D eigenvalue weighted by molar-refractivity contribution is -0.384. The molecule has 0 unspecified atom stereocenters. The van der Waals surface area contributed by atoms with Crippen LogP contribution in [0.1, 0.15) is 21.7 Å². The summed E-state index contributed by atoms with van der Waals surface area (Å²) in [4.78, 5) is 26.6. The number of rotatable bonds is 5. The minimum absolute atomic E-state index is 0.0185. The van der Waals surface area contributed by atoms with Crippen molar-refractivity contribution in [3.05, 3.63) is 74.6 Å². The number of hydrogen-bond acceptors (Lipinski definition) is 6. The lowest BCUT2D eigenvalue weighted by Crippen LogP contribution is -2.23. The summed E-state index contributed by atoms with van der Waals surface area (Å²) in [6.45, 7) is 1.99. The number of aryl methyl sites for hydroxylation is 1. The van der Waals surface area contributed by atoms with Gasteiger partial charge in [-0.1, -0.05) is 34.5 Å². The first-order valence-electron chi connectivity index (χ1n) is 7.56. The Morgan fingerprint density at radius 1 is 1.27 bits per heavy atom. The third-order valence-corrected chi connectivity index (χ3v) is 3.90. The molecule has 0 aliphatic carbocycles. The molecule has 1 heterocycles. The van der Waals surface area contributed by atoms with Gasteiger partial charge in [0.1, 0.15) is 5.02 Å². The highest BCUT2D eigenvalue weighted by Crippen LogP contribution is 2.25. The van der Waals surface area contributed by atoms with Gasteiger partial charge >= 0.3 is 0 Å². The van der Waals surface area contributed by atoms with E-state index in [2.05, 4.69) is 15.5 Å². The van der Waals surface area contributed by atoms with E-state index in [-0.39, 0.29) is 28.6 Å². The lowest BCUT2D eigenvalue weighted by atomic mass is 10.1. The van der Waals surface area contributed by atoms with Gasteiger partial charge in [-0.2, -0.15) is 4.98 Å². The molecular formula is C17H13ClN4O4. The van der Waals surface area contributed by atoms with E-state index in [9.17, 15) is 14.9 Å². The number of carbonyl (C=O) groups is 1. The molecular weight excluding hydrogens is 360 g/mol. The summed E-state index contributed by atoms with van der Waals surface area (Å²) in [5.41, 5.74) is 1.66. The monoisotopic (exact) mass is 372 g/mol. The molecule has 1 N–H and O–H groups in total. The van der Waals surface area contributed by atoms with Crippen LogP contribution in [0.25, 0.3) is 11.5 Å². The Bertz CT molecular complexity index is 969. The molecule has 0 fully saturated rings. The fourth-order valence-corrected chi connectivity index (χ4v) is 2.38. The molecule has 0 saturated heterocycles. The van der Waals surface area contributed by atoms with Crippen LogP contribution < -0.4 is 5.32 Å². The van der Waals surface area contributed by atoms with Crippen molar-refractivity contribution >= 4 is 23.2 Å². The van der Waals surface area contributed by atoms with Crippen LogP contribution in [0.2, 0.25) is 5.02 Å². The number of benzene rings is 2. The minimum atomic E-state index is -0.647. The maximum Gasteiger partial charge on any atom is 0.288 e. The number of aromatic nitrogens is 2. The van der Waals surface area contributed by atoms with E-state index < -0.39 is 10.8 Å². The Morgan fingerprint density at radius 2 is 2.00 bits per heavy atom. The van der Waals surface area contributed by atoms with Gasteiger partial charge in [-0.05, 0) is 31.2 Å². The van der Waals surface area contributed by atoms with E-state index in [1.807, 2.05) is 31.2 Å². The molecule has 3 aromatic rings. The molecule has 0 spiro atoms. The zero-order valence-corrected chi connectivity index (χ0v) is 14.4. The molecule has 0 saturated carbocycles. The molecule has 26 heavy (non-hydrogen) atoms. The summed E-state index contributed by atoms with van der Waals surface area (Å²) >= 11 is 5.73. The van der Waals surface area contributed by atoms with Gasteiger partial charge in [-0.25, -0.2) is 0 Å². The Kier molecular flexibility index (Phi) is 4.94. The summed E-state index contributed by atoms with van der Waals surface area (Å²) in [6, 6.07) is 11.4. The standard InChI is InChI=1S/C17H13ClN4O4/c1-10-2-4-11(5-3-10)17-20-15(21-26-17)9-19-16(23)12-6-7-13(18)14(8-12)22(24)25/h2-8H,9H2,1H3,(H,19,23). The zero-order chi connectivity index (χ0) is 18.7. The van der Waals surface area contributed by atoms with Crippen molar-refractivity contribution < 1.29 is 14.2 Å². The van der Waals surface area contributed by atoms with Gasteiger partial charge in [-0.15, -0.1) is 0 Å². The van der Waals surface area contributed by atoms with E-state index in [0.29, 0.717) is 5.89 Å². The van der Waals surface area contributed by atoms with E-state index in [4.69, 9.17) is 16.1 Å². The van der Waals surface area contributed by atoms with Crippen LogP contribution in [0.3, 0.4) is 0 Å². The minimum Gasteiger partial charge on any atom is -0.345 e. The van der Waals surface area contributed by atoms with Crippen molar-refractivity contribution in [1.82, 2.24) is 15.5 Å². The molecule has 0 aliphatic heterocycles. The normalized spacial score (nSPS) is 10.5. The molecule has 0 atom stereocenters. The van der Waals surface area contributed by atoms with Crippen molar-refractivity contribution in [2.45, 2.75) is 13.5 Å². The number of nitro benzene ring substituents is 1. The SMILES string of the molecule is Cc1ccc(-c2nc(CNC(=O)c3ccc(Cl)c([N+](=O)[O-])c3)no2)cc1. The lowest BCUT2D eigenvalue weighted by Gasteiger charge is -2.03. The smallest absolute Gasteiger partial charge is 0.288 e. The Morgan fingerprint density at radius 3 is 2.69 bits per heavy atom. The molecule has 9 heteroatoms. The van der Waals surface area contributed by atoms with E-state index in [0.717, 1.165) is 17.2 Å². The van der Waals surface area contributed by atoms with Gasteiger partial charge < -0.3 is 9.84 Å². The number of nitro groups is 1. The number of amides is 1. The molecule has 132 valence electrons. The molecule has 1 amide bonds. The van der Waals surface area contributed by atoms with Gasteiger partial charge in [0.15, 0.2) is 5.82 Å². The van der Waals surface area contributed by atoms with Crippen LogP contribution in [0.4, 0.5) is 5.69 Å². The molecule has 0 aliphatic rings. The summed E-state index contributed by atoms with van der Waals surface area (Å²) in [7, 11) is 0. The molecule has 0 bridgehead atoms. The van der Waals surface area contributed by atoms with Crippen LogP contribution in [-0.4, -0.2) is 21.0 Å². The van der Waals surface area contributed by atoms with Crippen molar-refractivity contribution in [2.24, 2.45) is 0 Å². The van der Waals surface area contributed by atoms with E-state index in [1.54, 1.807) is 0 Å². The summed E-state index contributed by atoms with van der Waals surface area (Å²) in [5.74, 6) is 0.125. The maximum absolute atomic E-state index is 12.2. The topological polar surface area (TPSA) is 111 Å². The highest BCUT2D eigenvalue weighted by Gasteiger charge is 2.17. The number of carbonyl (C=O) groups excluding carboxylic acids is 1. The Labute approximate surface area is 152 Å². The Balaban J connectivity index is 1.68. The second-order valence-corrected chi connectivity index (χ2v) is 5.89. The quantitative estimate of drug-likeness (QED) is 0.541. The van der Waals surface area contributed by atoms with Crippen LogP contribution in [0, 0.1) is 17.0 Å². The van der Waals surface area contributed by atoms with Crippen LogP contribution in [0.5, 0.6) is 0 Å². The van der Waals surface area contributed by atoms with Gasteiger partial charge in [-0.3, -0.25) is 14.9 Å². The molecule has 0 radical (unpaired) electrons. The van der Waals surface area contributed by atoms with Crippen molar-refractivity contribution in [2.75, 3.05) is 0 Å². The molecule has 2 aromatic carbocycles. The average molecular weight is 373 g/mol. The second kappa shape index (κ2) is 7.32. The zero-order valence-electron chi connectivity index (χ0n) is 13.6. The van der Waals surface area contributed by atoms with E-state index >= 15 is 0 Å². The predicted molar refractivity (Wildman–Crippen MR) is 93.7 cm³/mol. The number of nitrogens with zero attached hydrogens (tertiary/aromatic N) is 3. The van der Waals surface area contributed by atoms with Gasteiger partial charge in [0.2, 0.25) is 0 Å². The van der Waals surface area contributed by atoms with Gasteiger partial charge in [0, 0.05) is 17.2 Å². The molecule has 1 aromatic heterocycles. The molecule has 3 rings (SSSR count). The van der Waals surface area contributed by atoms with Crippen LogP contribution in [0.15, 0.2) is 47.0 Å². The van der Waals surface area contributed by atoms with Crippen LogP contribution >= 0.6 is 11.6 Å². The highest BCUT2D eigenvalue weighted by molar-refractivity contribution is 6.32. The average Bonchev–Trinajstić information content (AvgIpc) is 3.09. The van der Waals surface area contributed by atoms with Crippen molar-refractivity contribution in [3.63, 3.8) is 0 Å². The predicted octanol–water partition coefficient (Wildman–Crippen LogP) is 3.54. The first-order valence-corrected chi connectivity index (χ1v) is 7.93. The first kappa shape index (κ1) is 17.6. The molecule has 8 nitrogen and oxygen atoms in total. The van der Waals surface area contributed by atoms with Gasteiger partial charge in [0.25, 0.3) is 17.5 Å². The van der Waals surface area contributed by atoms with Crippen molar-refractivity contribution in [1.29, 1.82) is 0 Å². The summed E-state index contributed by atoms with van der Waals surface area (Å²) in [5, 5.41) is 17.3.